The molecule has 1 amide bonds. The van der Waals surface area contributed by atoms with Gasteiger partial charge in [0.2, 0.25) is 0 Å². The van der Waals surface area contributed by atoms with E-state index in [0.29, 0.717) is 23.2 Å². The molecule has 2 fully saturated rings. The molecule has 0 spiro atoms. The second-order valence-electron chi connectivity index (χ2n) is 8.62. The van der Waals surface area contributed by atoms with E-state index in [0.717, 1.165) is 41.7 Å². The van der Waals surface area contributed by atoms with Crippen LogP contribution in [-0.4, -0.2) is 33.5 Å². The second kappa shape index (κ2) is 7.29. The lowest BCUT2D eigenvalue weighted by atomic mass is 9.78. The van der Waals surface area contributed by atoms with E-state index in [2.05, 4.69) is 34.1 Å². The minimum Gasteiger partial charge on any atom is -0.335 e. The summed E-state index contributed by atoms with van der Waals surface area (Å²) in [5.41, 5.74) is 4.78. The number of carbonyl (C=O) groups excluding carboxylic acids is 1. The summed E-state index contributed by atoms with van der Waals surface area (Å²) in [7, 11) is 0. The maximum Gasteiger partial charge on any atom is 0.259 e. The predicted molar refractivity (Wildman–Crippen MR) is 113 cm³/mol. The average Bonchev–Trinajstić information content (AvgIpc) is 3.13. The summed E-state index contributed by atoms with van der Waals surface area (Å²) in [6.07, 6.45) is 7.23. The van der Waals surface area contributed by atoms with Crippen LogP contribution < -0.4 is 0 Å². The number of nitrogens with zero attached hydrogens (tertiary/aromatic N) is 3. The molecule has 1 saturated heterocycles. The van der Waals surface area contributed by atoms with Gasteiger partial charge in [-0.3, -0.25) is 4.79 Å². The number of amides is 1. The Bertz CT molecular complexity index is 1050. The fourth-order valence-corrected chi connectivity index (χ4v) is 5.17. The largest absolute Gasteiger partial charge is 0.335 e. The maximum atomic E-state index is 13.8. The lowest BCUT2D eigenvalue weighted by Gasteiger charge is -2.44. The number of hydrogen-bond acceptors (Lipinski definition) is 4. The van der Waals surface area contributed by atoms with E-state index < -0.39 is 0 Å². The van der Waals surface area contributed by atoms with E-state index in [9.17, 15) is 4.79 Å². The molecule has 0 N–H and O–H groups in total. The van der Waals surface area contributed by atoms with Crippen LogP contribution in [0.4, 0.5) is 0 Å². The Morgan fingerprint density at radius 1 is 1.07 bits per heavy atom. The Morgan fingerprint density at radius 2 is 1.83 bits per heavy atom. The van der Waals surface area contributed by atoms with Gasteiger partial charge in [0.25, 0.3) is 11.6 Å². The molecule has 0 bridgehead atoms. The van der Waals surface area contributed by atoms with Crippen molar-refractivity contribution >= 4 is 17.0 Å². The Hall–Kier alpha value is -2.69. The van der Waals surface area contributed by atoms with Gasteiger partial charge >= 0.3 is 0 Å². The van der Waals surface area contributed by atoms with Crippen molar-refractivity contribution in [3.05, 3.63) is 47.2 Å². The van der Waals surface area contributed by atoms with Gasteiger partial charge in [0.15, 0.2) is 0 Å². The van der Waals surface area contributed by atoms with Crippen LogP contribution in [0.1, 0.15) is 60.1 Å². The van der Waals surface area contributed by atoms with Crippen LogP contribution in [0, 0.1) is 19.8 Å². The molecule has 150 valence electrons. The molecule has 5 heteroatoms. The highest BCUT2D eigenvalue weighted by atomic mass is 16.5. The average molecular weight is 389 g/mol. The van der Waals surface area contributed by atoms with Gasteiger partial charge in [-0.25, -0.2) is 4.98 Å². The molecular formula is C24H27N3O2. The van der Waals surface area contributed by atoms with Crippen LogP contribution in [0.3, 0.4) is 0 Å². The zero-order chi connectivity index (χ0) is 20.0. The van der Waals surface area contributed by atoms with Gasteiger partial charge in [-0.2, -0.15) is 0 Å². The maximum absolute atomic E-state index is 13.8. The fourth-order valence-electron chi connectivity index (χ4n) is 5.17. The third kappa shape index (κ3) is 3.22. The molecule has 2 aromatic heterocycles. The standard InChI is InChI=1S/C24H27N3O2/c1-15-9-11-17(12-10-15)20-14-19(22-16(2)26-29-23(22)25-20)24(28)27-13-5-7-18-6-3-4-8-21(18)27/h9-12,14,18,21H,3-8,13H2,1-2H3. The van der Waals surface area contributed by atoms with Crippen molar-refractivity contribution in [3.63, 3.8) is 0 Å². The van der Waals surface area contributed by atoms with E-state index in [-0.39, 0.29) is 5.91 Å². The Balaban J connectivity index is 1.60. The van der Waals surface area contributed by atoms with Crippen molar-refractivity contribution in [2.45, 2.75) is 58.4 Å². The van der Waals surface area contributed by atoms with E-state index in [1.165, 1.54) is 31.2 Å². The number of aromatic nitrogens is 2. The number of benzene rings is 1. The minimum atomic E-state index is 0.105. The Labute approximate surface area is 171 Å². The normalized spacial score (nSPS) is 21.9. The number of hydrogen-bond donors (Lipinski definition) is 0. The first kappa shape index (κ1) is 18.3. The zero-order valence-electron chi connectivity index (χ0n) is 17.1. The Kier molecular flexibility index (Phi) is 4.61. The molecule has 29 heavy (non-hydrogen) atoms. The van der Waals surface area contributed by atoms with Gasteiger partial charge < -0.3 is 9.42 Å². The van der Waals surface area contributed by atoms with E-state index in [1.807, 2.05) is 25.1 Å². The smallest absolute Gasteiger partial charge is 0.259 e. The molecule has 2 aliphatic rings. The number of likely N-dealkylation sites (tertiary alicyclic amines) is 1. The molecule has 1 aliphatic carbocycles. The number of rotatable bonds is 2. The van der Waals surface area contributed by atoms with Crippen molar-refractivity contribution in [1.29, 1.82) is 0 Å². The summed E-state index contributed by atoms with van der Waals surface area (Å²) in [4.78, 5) is 20.6. The van der Waals surface area contributed by atoms with Crippen molar-refractivity contribution in [1.82, 2.24) is 15.0 Å². The highest BCUT2D eigenvalue weighted by Gasteiger charge is 2.37. The third-order valence-corrected chi connectivity index (χ3v) is 6.70. The minimum absolute atomic E-state index is 0.105. The van der Waals surface area contributed by atoms with Gasteiger partial charge in [-0.1, -0.05) is 47.8 Å². The van der Waals surface area contributed by atoms with Crippen LogP contribution in [0.15, 0.2) is 34.9 Å². The SMILES string of the molecule is Cc1ccc(-c2cc(C(=O)N3CCCC4CCCCC43)c3c(C)noc3n2)cc1. The van der Waals surface area contributed by atoms with Gasteiger partial charge in [0.1, 0.15) is 0 Å². The monoisotopic (exact) mass is 389 g/mol. The van der Waals surface area contributed by atoms with Crippen molar-refractivity contribution in [2.75, 3.05) is 6.54 Å². The van der Waals surface area contributed by atoms with Gasteiger partial charge in [-0.05, 0) is 51.5 Å². The molecule has 5 rings (SSSR count). The van der Waals surface area contributed by atoms with Gasteiger partial charge in [0.05, 0.1) is 22.3 Å². The third-order valence-electron chi connectivity index (χ3n) is 6.70. The Morgan fingerprint density at radius 3 is 2.66 bits per heavy atom. The van der Waals surface area contributed by atoms with Gasteiger partial charge in [0, 0.05) is 18.2 Å². The quantitative estimate of drug-likeness (QED) is 0.597. The topological polar surface area (TPSA) is 59.2 Å². The van der Waals surface area contributed by atoms with Crippen LogP contribution in [0.5, 0.6) is 0 Å². The van der Waals surface area contributed by atoms with E-state index >= 15 is 0 Å². The first-order valence-corrected chi connectivity index (χ1v) is 10.8. The molecule has 2 atom stereocenters. The molecule has 5 nitrogen and oxygen atoms in total. The van der Waals surface area contributed by atoms with Crippen LogP contribution in [-0.2, 0) is 0 Å². The molecule has 0 radical (unpaired) electrons. The lowest BCUT2D eigenvalue weighted by Crippen LogP contribution is -2.49. The first-order chi connectivity index (χ1) is 14.1. The highest BCUT2D eigenvalue weighted by molar-refractivity contribution is 6.07. The van der Waals surface area contributed by atoms with Crippen LogP contribution in [0.25, 0.3) is 22.4 Å². The number of carbonyl (C=O) groups is 1. The van der Waals surface area contributed by atoms with Crippen molar-refractivity contribution < 1.29 is 9.32 Å². The summed E-state index contributed by atoms with van der Waals surface area (Å²) in [6.45, 7) is 4.79. The van der Waals surface area contributed by atoms with Crippen LogP contribution in [0.2, 0.25) is 0 Å². The fraction of sp³-hybridized carbons (Fsp3) is 0.458. The predicted octanol–water partition coefficient (Wildman–Crippen LogP) is 5.30. The molecule has 1 aliphatic heterocycles. The van der Waals surface area contributed by atoms with Crippen molar-refractivity contribution in [3.8, 4) is 11.3 Å². The molecular weight excluding hydrogens is 362 g/mol. The molecule has 3 heterocycles. The summed E-state index contributed by atoms with van der Waals surface area (Å²) in [5.74, 6) is 0.757. The zero-order valence-corrected chi connectivity index (χ0v) is 17.1. The molecule has 2 unspecified atom stereocenters. The number of fused-ring (bicyclic) bond motifs is 2. The number of pyridine rings is 1. The molecule has 3 aromatic rings. The molecule has 1 saturated carbocycles. The molecule has 1 aromatic carbocycles. The summed E-state index contributed by atoms with van der Waals surface area (Å²) < 4.78 is 5.49. The van der Waals surface area contributed by atoms with Crippen LogP contribution >= 0.6 is 0 Å². The summed E-state index contributed by atoms with van der Waals surface area (Å²) in [5, 5.41) is 4.86. The second-order valence-corrected chi connectivity index (χ2v) is 8.62. The highest BCUT2D eigenvalue weighted by Crippen LogP contribution is 2.37. The number of aryl methyl sites for hydroxylation is 2. The van der Waals surface area contributed by atoms with Crippen molar-refractivity contribution in [2.24, 2.45) is 5.92 Å². The summed E-state index contributed by atoms with van der Waals surface area (Å²) in [6, 6.07) is 10.5. The lowest BCUT2D eigenvalue weighted by molar-refractivity contribution is 0.0392. The van der Waals surface area contributed by atoms with E-state index in [1.54, 1.807) is 0 Å². The van der Waals surface area contributed by atoms with E-state index in [4.69, 9.17) is 4.52 Å². The summed E-state index contributed by atoms with van der Waals surface area (Å²) >= 11 is 0. The first-order valence-electron chi connectivity index (χ1n) is 10.8. The number of piperidine rings is 1. The van der Waals surface area contributed by atoms with Gasteiger partial charge in [-0.15, -0.1) is 0 Å².